The molecule has 2 saturated heterocycles. The van der Waals surface area contributed by atoms with E-state index in [1.165, 1.54) is 4.90 Å². The second-order valence-electron chi connectivity index (χ2n) is 8.88. The highest BCUT2D eigenvalue weighted by Gasteiger charge is 2.54. The van der Waals surface area contributed by atoms with Crippen LogP contribution in [-0.2, 0) is 21.1 Å². The fourth-order valence-corrected chi connectivity index (χ4v) is 6.92. The van der Waals surface area contributed by atoms with Crippen LogP contribution in [0.2, 0.25) is 0 Å². The average Bonchev–Trinajstić information content (AvgIpc) is 3.23. The fraction of sp³-hybridized carbons (Fsp3) is 0.417. The summed E-state index contributed by atoms with van der Waals surface area (Å²) in [7, 11) is -3.31. The number of carbonyl (C=O) groups is 2. The van der Waals surface area contributed by atoms with E-state index in [0.29, 0.717) is 30.3 Å². The molecule has 8 nitrogen and oxygen atoms in total. The van der Waals surface area contributed by atoms with Gasteiger partial charge in [0.1, 0.15) is 18.9 Å². The molecule has 2 aromatic rings. The Morgan fingerprint density at radius 2 is 1.82 bits per heavy atom. The molecule has 2 atom stereocenters. The maximum atomic E-state index is 13.5. The molecule has 2 fully saturated rings. The summed E-state index contributed by atoms with van der Waals surface area (Å²) in [5, 5.41) is 0. The number of anilines is 2. The van der Waals surface area contributed by atoms with Crippen molar-refractivity contribution in [2.24, 2.45) is 0 Å². The Bertz CT molecular complexity index is 1210. The van der Waals surface area contributed by atoms with Gasteiger partial charge in [-0.3, -0.25) is 9.69 Å². The van der Waals surface area contributed by atoms with Gasteiger partial charge in [-0.15, -0.1) is 0 Å². The molecule has 0 N–H and O–H groups in total. The number of rotatable bonds is 4. The zero-order valence-electron chi connectivity index (χ0n) is 18.7. The lowest BCUT2D eigenvalue weighted by atomic mass is 10.1. The smallest absolute Gasteiger partial charge is 0.325 e. The van der Waals surface area contributed by atoms with E-state index >= 15 is 0 Å². The first-order chi connectivity index (χ1) is 15.8. The molecule has 0 radical (unpaired) electrons. The number of ether oxygens (including phenoxy) is 1. The second-order valence-corrected chi connectivity index (χ2v) is 11.0. The predicted octanol–water partition coefficient (Wildman–Crippen LogP) is 2.39. The third-order valence-electron chi connectivity index (χ3n) is 6.68. The van der Waals surface area contributed by atoms with Gasteiger partial charge >= 0.3 is 6.03 Å². The van der Waals surface area contributed by atoms with Crippen LogP contribution in [0.1, 0.15) is 18.1 Å². The van der Waals surface area contributed by atoms with Crippen LogP contribution in [-0.4, -0.2) is 68.5 Å². The Morgan fingerprint density at radius 1 is 1.09 bits per heavy atom. The van der Waals surface area contributed by atoms with Gasteiger partial charge in [0, 0.05) is 5.69 Å². The molecule has 0 spiro atoms. The van der Waals surface area contributed by atoms with Crippen molar-refractivity contribution in [3.8, 4) is 5.75 Å². The Labute approximate surface area is 193 Å². The maximum Gasteiger partial charge on any atom is 0.325 e. The minimum absolute atomic E-state index is 0.0940. The number of urea groups is 1. The number of aryl methyl sites for hydroxylation is 2. The first-order valence-corrected chi connectivity index (χ1v) is 13.0. The van der Waals surface area contributed by atoms with E-state index in [-0.39, 0.29) is 30.0 Å². The number of amides is 3. The third kappa shape index (κ3) is 3.84. The van der Waals surface area contributed by atoms with E-state index in [1.54, 1.807) is 9.80 Å². The van der Waals surface area contributed by atoms with Gasteiger partial charge in [-0.1, -0.05) is 25.1 Å². The van der Waals surface area contributed by atoms with Gasteiger partial charge in [-0.25, -0.2) is 13.2 Å². The summed E-state index contributed by atoms with van der Waals surface area (Å²) in [5.41, 5.74) is 3.47. The second kappa shape index (κ2) is 8.06. The van der Waals surface area contributed by atoms with Crippen LogP contribution in [0.15, 0.2) is 42.5 Å². The molecule has 0 aromatic heterocycles. The van der Waals surface area contributed by atoms with E-state index in [0.717, 1.165) is 17.5 Å². The largest absolute Gasteiger partial charge is 0.490 e. The van der Waals surface area contributed by atoms with Gasteiger partial charge < -0.3 is 14.5 Å². The molecule has 9 heteroatoms. The first-order valence-electron chi connectivity index (χ1n) is 11.2. The Morgan fingerprint density at radius 3 is 2.55 bits per heavy atom. The number of carbonyl (C=O) groups excluding carboxylic acids is 2. The molecule has 5 rings (SSSR count). The molecule has 174 valence electrons. The maximum absolute atomic E-state index is 13.5. The summed E-state index contributed by atoms with van der Waals surface area (Å²) in [4.78, 5) is 31.5. The summed E-state index contributed by atoms with van der Waals surface area (Å²) >= 11 is 0. The van der Waals surface area contributed by atoms with Crippen LogP contribution in [0.3, 0.4) is 0 Å². The predicted molar refractivity (Wildman–Crippen MR) is 126 cm³/mol. The summed E-state index contributed by atoms with van der Waals surface area (Å²) in [6.45, 7) is 4.57. The Kier molecular flexibility index (Phi) is 5.31. The highest BCUT2D eigenvalue weighted by atomic mass is 32.2. The summed E-state index contributed by atoms with van der Waals surface area (Å²) in [5.74, 6) is 0.166. The zero-order valence-corrected chi connectivity index (χ0v) is 19.5. The van der Waals surface area contributed by atoms with Crippen LogP contribution < -0.4 is 14.5 Å². The van der Waals surface area contributed by atoms with E-state index in [1.807, 2.05) is 56.3 Å². The lowest BCUT2D eigenvalue weighted by Crippen LogP contribution is -2.48. The van der Waals surface area contributed by atoms with E-state index in [4.69, 9.17) is 4.74 Å². The molecule has 3 amide bonds. The van der Waals surface area contributed by atoms with Crippen molar-refractivity contribution in [1.29, 1.82) is 0 Å². The topological polar surface area (TPSA) is 87.2 Å². The minimum atomic E-state index is -3.31. The van der Waals surface area contributed by atoms with Gasteiger partial charge in [-0.2, -0.15) is 0 Å². The van der Waals surface area contributed by atoms with Crippen LogP contribution in [0.25, 0.3) is 0 Å². The van der Waals surface area contributed by atoms with Gasteiger partial charge in [0.05, 0.1) is 35.8 Å². The molecule has 3 aliphatic rings. The SMILES string of the molecule is CCc1ccc(N2C(=O)N(CC(=O)N3CCOc4ccc(C)cc43)[C@@H]3CS(=O)(=O)C[C@H]32)cc1. The number of benzene rings is 2. The summed E-state index contributed by atoms with van der Waals surface area (Å²) in [6, 6.07) is 11.9. The van der Waals surface area contributed by atoms with E-state index in [9.17, 15) is 18.0 Å². The highest BCUT2D eigenvalue weighted by molar-refractivity contribution is 7.91. The number of fused-ring (bicyclic) bond motifs is 2. The molecule has 3 heterocycles. The molecule has 33 heavy (non-hydrogen) atoms. The number of hydrogen-bond donors (Lipinski definition) is 0. The lowest BCUT2D eigenvalue weighted by Gasteiger charge is -2.32. The van der Waals surface area contributed by atoms with Gasteiger partial charge in [0.2, 0.25) is 5.91 Å². The molecular formula is C24H27N3O5S. The van der Waals surface area contributed by atoms with Crippen LogP contribution in [0, 0.1) is 6.92 Å². The number of nitrogens with zero attached hydrogens (tertiary/aromatic N) is 3. The molecular weight excluding hydrogens is 442 g/mol. The van der Waals surface area contributed by atoms with Crippen molar-refractivity contribution in [1.82, 2.24) is 4.90 Å². The molecule has 0 bridgehead atoms. The monoisotopic (exact) mass is 469 g/mol. The lowest BCUT2D eigenvalue weighted by molar-refractivity contribution is -0.119. The molecule has 2 aromatic carbocycles. The van der Waals surface area contributed by atoms with Crippen molar-refractivity contribution in [3.05, 3.63) is 53.6 Å². The molecule has 0 saturated carbocycles. The minimum Gasteiger partial charge on any atom is -0.490 e. The zero-order chi connectivity index (χ0) is 23.3. The standard InChI is InChI=1S/C24H27N3O5S/c1-3-17-5-7-18(8-6-17)27-21-15-33(30,31)14-20(21)26(24(27)29)13-23(28)25-10-11-32-22-9-4-16(2)12-19(22)25/h4-9,12,20-21H,3,10-11,13-15H2,1-2H3/t20-,21-/m1/s1. The van der Waals surface area contributed by atoms with Crippen LogP contribution in [0.5, 0.6) is 5.75 Å². The Balaban J connectivity index is 1.44. The number of hydrogen-bond acceptors (Lipinski definition) is 5. The van der Waals surface area contributed by atoms with Gasteiger partial charge in [0.15, 0.2) is 9.84 Å². The first kappa shape index (κ1) is 21.8. The van der Waals surface area contributed by atoms with Crippen LogP contribution in [0.4, 0.5) is 16.2 Å². The third-order valence-corrected chi connectivity index (χ3v) is 8.38. The van der Waals surface area contributed by atoms with Gasteiger partial charge in [0.25, 0.3) is 0 Å². The molecule has 3 aliphatic heterocycles. The number of sulfone groups is 1. The normalized spacial score (nSPS) is 23.3. The Hall–Kier alpha value is -3.07. The van der Waals surface area contributed by atoms with E-state index < -0.39 is 21.9 Å². The van der Waals surface area contributed by atoms with Crippen molar-refractivity contribution >= 4 is 33.2 Å². The van der Waals surface area contributed by atoms with Crippen molar-refractivity contribution < 1.29 is 22.7 Å². The van der Waals surface area contributed by atoms with Crippen molar-refractivity contribution in [2.45, 2.75) is 32.4 Å². The summed E-state index contributed by atoms with van der Waals surface area (Å²) in [6.07, 6.45) is 0.871. The van der Waals surface area contributed by atoms with E-state index in [2.05, 4.69) is 0 Å². The summed E-state index contributed by atoms with van der Waals surface area (Å²) < 4.78 is 30.6. The highest BCUT2D eigenvalue weighted by Crippen LogP contribution is 2.36. The van der Waals surface area contributed by atoms with Crippen molar-refractivity contribution in [3.63, 3.8) is 0 Å². The quantitative estimate of drug-likeness (QED) is 0.642. The van der Waals surface area contributed by atoms with Crippen LogP contribution >= 0.6 is 0 Å². The molecule has 0 aliphatic carbocycles. The average molecular weight is 470 g/mol. The van der Waals surface area contributed by atoms with Crippen molar-refractivity contribution in [2.75, 3.05) is 41.0 Å². The molecule has 0 unspecified atom stereocenters. The van der Waals surface area contributed by atoms with Gasteiger partial charge in [-0.05, 0) is 48.7 Å². The fourth-order valence-electron chi connectivity index (χ4n) is 4.97.